The van der Waals surface area contributed by atoms with Crippen molar-refractivity contribution in [1.82, 2.24) is 0 Å². The molecule has 0 aliphatic carbocycles. The molecule has 0 aromatic heterocycles. The normalized spacial score (nSPS) is 19.5. The van der Waals surface area contributed by atoms with Crippen molar-refractivity contribution in [3.05, 3.63) is 18.2 Å². The van der Waals surface area contributed by atoms with Gasteiger partial charge in [-0.15, -0.1) is 0 Å². The highest BCUT2D eigenvalue weighted by Crippen LogP contribution is 2.31. The largest absolute Gasteiger partial charge is 0.479 e. The predicted molar refractivity (Wildman–Crippen MR) is 68.7 cm³/mol. The van der Waals surface area contributed by atoms with Crippen LogP contribution in [-0.2, 0) is 4.79 Å². The maximum absolute atomic E-state index is 11.5. The van der Waals surface area contributed by atoms with Gasteiger partial charge in [0, 0.05) is 18.8 Å². The lowest BCUT2D eigenvalue weighted by atomic mass is 10.2. The number of amides is 1. The van der Waals surface area contributed by atoms with Crippen LogP contribution < -0.4 is 21.1 Å². The van der Waals surface area contributed by atoms with E-state index in [-0.39, 0.29) is 12.5 Å². The van der Waals surface area contributed by atoms with Crippen molar-refractivity contribution in [2.45, 2.75) is 19.1 Å². The van der Waals surface area contributed by atoms with Crippen molar-refractivity contribution in [1.29, 1.82) is 0 Å². The summed E-state index contributed by atoms with van der Waals surface area (Å²) in [5.41, 5.74) is 6.73. The van der Waals surface area contributed by atoms with E-state index >= 15 is 0 Å². The minimum absolute atomic E-state index is 0.165. The second-order valence-electron chi connectivity index (χ2n) is 4.23. The van der Waals surface area contributed by atoms with E-state index in [2.05, 4.69) is 10.6 Å². The van der Waals surface area contributed by atoms with E-state index < -0.39 is 12.2 Å². The summed E-state index contributed by atoms with van der Waals surface area (Å²) < 4.78 is 5.44. The zero-order valence-electron chi connectivity index (χ0n) is 10.1. The van der Waals surface area contributed by atoms with Crippen LogP contribution in [0.15, 0.2) is 18.2 Å². The summed E-state index contributed by atoms with van der Waals surface area (Å²) in [5, 5.41) is 15.1. The minimum Gasteiger partial charge on any atom is -0.479 e. The molecule has 6 heteroatoms. The summed E-state index contributed by atoms with van der Waals surface area (Å²) >= 11 is 0. The van der Waals surface area contributed by atoms with Gasteiger partial charge in [-0.2, -0.15) is 0 Å². The average molecular weight is 251 g/mol. The molecule has 0 saturated carbocycles. The molecule has 0 saturated heterocycles. The van der Waals surface area contributed by atoms with Gasteiger partial charge in [0.1, 0.15) is 5.75 Å². The van der Waals surface area contributed by atoms with Gasteiger partial charge in [-0.3, -0.25) is 4.79 Å². The highest BCUT2D eigenvalue weighted by molar-refractivity contribution is 5.98. The molecule has 2 unspecified atom stereocenters. The molecule has 1 aromatic rings. The number of hydrogen-bond donors (Lipinski definition) is 4. The summed E-state index contributed by atoms with van der Waals surface area (Å²) in [4.78, 5) is 11.5. The molecule has 0 fully saturated rings. The fourth-order valence-corrected chi connectivity index (χ4v) is 1.64. The highest BCUT2D eigenvalue weighted by Gasteiger charge is 2.23. The Kier molecular flexibility index (Phi) is 3.69. The van der Waals surface area contributed by atoms with Crippen molar-refractivity contribution in [3.63, 3.8) is 0 Å². The van der Waals surface area contributed by atoms with Crippen molar-refractivity contribution in [2.75, 3.05) is 23.7 Å². The number of rotatable bonds is 4. The molecule has 2 rings (SSSR count). The molecule has 1 aliphatic heterocycles. The summed E-state index contributed by atoms with van der Waals surface area (Å²) in [6.07, 6.45) is -1.07. The smallest absolute Gasteiger partial charge is 0.265 e. The molecule has 0 spiro atoms. The maximum Gasteiger partial charge on any atom is 0.265 e. The van der Waals surface area contributed by atoms with Crippen molar-refractivity contribution < 1.29 is 14.6 Å². The number of fused-ring (bicyclic) bond motifs is 1. The molecule has 1 heterocycles. The lowest BCUT2D eigenvalue weighted by Gasteiger charge is -2.24. The summed E-state index contributed by atoms with van der Waals surface area (Å²) in [6.45, 7) is 2.26. The summed E-state index contributed by atoms with van der Waals surface area (Å²) in [5.74, 6) is 0.480. The van der Waals surface area contributed by atoms with Gasteiger partial charge >= 0.3 is 0 Å². The first-order valence-electron chi connectivity index (χ1n) is 5.83. The van der Waals surface area contributed by atoms with E-state index in [4.69, 9.17) is 10.5 Å². The number of carbonyl (C=O) groups excluding carboxylic acids is 1. The molecule has 1 aromatic carbocycles. The molecule has 1 aliphatic rings. The molecule has 0 bridgehead atoms. The minimum atomic E-state index is -0.591. The number of benzene rings is 1. The van der Waals surface area contributed by atoms with Crippen LogP contribution in [0.2, 0.25) is 0 Å². The number of anilines is 2. The van der Waals surface area contributed by atoms with E-state index in [1.807, 2.05) is 6.07 Å². The van der Waals surface area contributed by atoms with E-state index in [0.717, 1.165) is 5.69 Å². The number of ether oxygens (including phenoxy) is 1. The fourth-order valence-electron chi connectivity index (χ4n) is 1.64. The van der Waals surface area contributed by atoms with E-state index in [0.29, 0.717) is 18.0 Å². The topological polar surface area (TPSA) is 96.6 Å². The predicted octanol–water partition coefficient (Wildman–Crippen LogP) is 0.137. The third-order valence-electron chi connectivity index (χ3n) is 2.72. The number of carbonyl (C=O) groups is 1. The maximum atomic E-state index is 11.5. The SMILES string of the molecule is CC1Oc2ccc(NCC(O)CN)cc2NC1=O. The van der Waals surface area contributed by atoms with Gasteiger partial charge in [0.25, 0.3) is 5.91 Å². The molecular formula is C12H17N3O3. The Balaban J connectivity index is 2.08. The van der Waals surface area contributed by atoms with Gasteiger partial charge < -0.3 is 26.2 Å². The highest BCUT2D eigenvalue weighted by atomic mass is 16.5. The van der Waals surface area contributed by atoms with Gasteiger partial charge in [-0.05, 0) is 25.1 Å². The fraction of sp³-hybridized carbons (Fsp3) is 0.417. The van der Waals surface area contributed by atoms with Crippen LogP contribution >= 0.6 is 0 Å². The van der Waals surface area contributed by atoms with Gasteiger partial charge in [-0.1, -0.05) is 0 Å². The Morgan fingerprint density at radius 1 is 1.61 bits per heavy atom. The monoisotopic (exact) mass is 251 g/mol. The number of aliphatic hydroxyl groups excluding tert-OH is 1. The first-order valence-corrected chi connectivity index (χ1v) is 5.83. The zero-order chi connectivity index (χ0) is 13.1. The Bertz CT molecular complexity index is 450. The van der Waals surface area contributed by atoms with Crippen LogP contribution in [0.3, 0.4) is 0 Å². The summed E-state index contributed by atoms with van der Waals surface area (Å²) in [7, 11) is 0. The van der Waals surface area contributed by atoms with Crippen LogP contribution in [0.5, 0.6) is 5.75 Å². The lowest BCUT2D eigenvalue weighted by Crippen LogP contribution is -2.34. The Labute approximate surface area is 105 Å². The number of nitrogens with two attached hydrogens (primary N) is 1. The van der Waals surface area contributed by atoms with Crippen LogP contribution in [0, 0.1) is 0 Å². The second kappa shape index (κ2) is 5.24. The van der Waals surface area contributed by atoms with Crippen molar-refractivity contribution >= 4 is 17.3 Å². The van der Waals surface area contributed by atoms with Crippen molar-refractivity contribution in [3.8, 4) is 5.75 Å². The first-order chi connectivity index (χ1) is 8.60. The molecule has 6 nitrogen and oxygen atoms in total. The average Bonchev–Trinajstić information content (AvgIpc) is 2.37. The molecule has 1 amide bonds. The third-order valence-corrected chi connectivity index (χ3v) is 2.72. The van der Waals surface area contributed by atoms with Gasteiger partial charge in [0.05, 0.1) is 11.8 Å². The van der Waals surface area contributed by atoms with Crippen LogP contribution in [0.1, 0.15) is 6.92 Å². The van der Waals surface area contributed by atoms with Crippen molar-refractivity contribution in [2.24, 2.45) is 5.73 Å². The van der Waals surface area contributed by atoms with Gasteiger partial charge in [0.15, 0.2) is 6.10 Å². The quantitative estimate of drug-likeness (QED) is 0.610. The van der Waals surface area contributed by atoms with Crippen LogP contribution in [0.25, 0.3) is 0 Å². The Morgan fingerprint density at radius 3 is 3.11 bits per heavy atom. The second-order valence-corrected chi connectivity index (χ2v) is 4.23. The van der Waals surface area contributed by atoms with Gasteiger partial charge in [-0.25, -0.2) is 0 Å². The molecule has 18 heavy (non-hydrogen) atoms. The van der Waals surface area contributed by atoms with Crippen LogP contribution in [0.4, 0.5) is 11.4 Å². The van der Waals surface area contributed by atoms with Gasteiger partial charge in [0.2, 0.25) is 0 Å². The number of aliphatic hydroxyl groups is 1. The molecule has 98 valence electrons. The molecule has 0 radical (unpaired) electrons. The van der Waals surface area contributed by atoms with E-state index in [9.17, 15) is 9.90 Å². The molecular weight excluding hydrogens is 234 g/mol. The Morgan fingerprint density at radius 2 is 2.39 bits per heavy atom. The molecule has 5 N–H and O–H groups in total. The summed E-state index contributed by atoms with van der Waals surface area (Å²) in [6, 6.07) is 5.37. The Hall–Kier alpha value is -1.79. The van der Waals surface area contributed by atoms with Crippen LogP contribution in [-0.4, -0.2) is 36.3 Å². The standard InChI is InChI=1S/C12H17N3O3/c1-7-12(17)15-10-4-8(2-3-11(10)18-7)14-6-9(16)5-13/h2-4,7,9,14,16H,5-6,13H2,1H3,(H,15,17). The lowest BCUT2D eigenvalue weighted by molar-refractivity contribution is -0.122. The van der Waals surface area contributed by atoms with E-state index in [1.165, 1.54) is 0 Å². The third kappa shape index (κ3) is 2.72. The van der Waals surface area contributed by atoms with E-state index in [1.54, 1.807) is 19.1 Å². The number of hydrogen-bond acceptors (Lipinski definition) is 5. The molecule has 2 atom stereocenters. The first kappa shape index (κ1) is 12.7. The number of nitrogens with one attached hydrogen (secondary N) is 2. The zero-order valence-corrected chi connectivity index (χ0v) is 10.1.